The number of rotatable bonds is 1. The topological polar surface area (TPSA) is 77.8 Å². The molecule has 2 N–H and O–H groups in total. The average Bonchev–Trinajstić information content (AvgIpc) is 2.75. The summed E-state index contributed by atoms with van der Waals surface area (Å²) in [6.45, 7) is 0. The third-order valence-electron chi connectivity index (χ3n) is 2.32. The second-order valence-electron chi connectivity index (χ2n) is 3.33. The van der Waals surface area contributed by atoms with E-state index in [9.17, 15) is 0 Å². The molecule has 3 rings (SSSR count). The van der Waals surface area contributed by atoms with Gasteiger partial charge in [-0.05, 0) is 23.4 Å². The lowest BCUT2D eigenvalue weighted by Gasteiger charge is -2.00. The van der Waals surface area contributed by atoms with Crippen LogP contribution >= 0.6 is 0 Å². The predicted molar refractivity (Wildman–Crippen MR) is 59.4 cm³/mol. The molecule has 2 heterocycles. The van der Waals surface area contributed by atoms with Gasteiger partial charge in [-0.25, -0.2) is 0 Å². The maximum atomic E-state index is 5.43. The van der Waals surface area contributed by atoms with Crippen LogP contribution in [0.2, 0.25) is 0 Å². The molecule has 0 bridgehead atoms. The van der Waals surface area contributed by atoms with Crippen LogP contribution < -0.4 is 5.73 Å². The van der Waals surface area contributed by atoms with Crippen LogP contribution in [0.4, 0.5) is 5.95 Å². The van der Waals surface area contributed by atoms with Crippen molar-refractivity contribution in [2.45, 2.75) is 0 Å². The fourth-order valence-electron chi connectivity index (χ4n) is 1.63. The van der Waals surface area contributed by atoms with Crippen molar-refractivity contribution in [1.29, 1.82) is 0 Å². The van der Waals surface area contributed by atoms with E-state index in [1.807, 2.05) is 30.3 Å². The molecule has 5 nitrogen and oxygen atoms in total. The van der Waals surface area contributed by atoms with Crippen LogP contribution in [0.5, 0.6) is 0 Å². The minimum atomic E-state index is 0.135. The van der Waals surface area contributed by atoms with Gasteiger partial charge in [0.1, 0.15) is 0 Å². The molecule has 0 aliphatic rings. The minimum Gasteiger partial charge on any atom is -0.365 e. The first-order valence-corrected chi connectivity index (χ1v) is 4.78. The molecule has 0 saturated carbocycles. The van der Waals surface area contributed by atoms with Gasteiger partial charge in [0, 0.05) is 17.1 Å². The lowest BCUT2D eigenvalue weighted by molar-refractivity contribution is 0.433. The van der Waals surface area contributed by atoms with Crippen LogP contribution in [0.1, 0.15) is 0 Å². The van der Waals surface area contributed by atoms with Crippen LogP contribution in [0.25, 0.3) is 22.4 Å². The van der Waals surface area contributed by atoms with E-state index >= 15 is 0 Å². The number of pyridine rings is 1. The quantitative estimate of drug-likeness (QED) is 0.666. The highest BCUT2D eigenvalue weighted by Crippen LogP contribution is 2.26. The number of nitrogens with two attached hydrogens (primary N) is 1. The van der Waals surface area contributed by atoms with Gasteiger partial charge in [-0.3, -0.25) is 4.98 Å². The van der Waals surface area contributed by atoms with Gasteiger partial charge in [0.15, 0.2) is 0 Å². The molecule has 0 unspecified atom stereocenters. The number of nitrogens with zero attached hydrogens (tertiary/aromatic N) is 3. The Kier molecular flexibility index (Phi) is 1.83. The summed E-state index contributed by atoms with van der Waals surface area (Å²) in [6, 6.07) is 9.55. The second kappa shape index (κ2) is 3.30. The van der Waals surface area contributed by atoms with E-state index in [-0.39, 0.29) is 5.95 Å². The summed E-state index contributed by atoms with van der Waals surface area (Å²) < 4.78 is 5.04. The number of benzene rings is 1. The van der Waals surface area contributed by atoms with Crippen LogP contribution in [0, 0.1) is 0 Å². The van der Waals surface area contributed by atoms with Gasteiger partial charge in [-0.15, -0.1) is 0 Å². The Morgan fingerprint density at radius 3 is 2.88 bits per heavy atom. The standard InChI is InChI=1S/C11H8N4O/c12-11-14-10(16-15-11)8-3-1-5-9-7(8)4-2-6-13-9/h1-6H,(H2,12,15). The van der Waals surface area contributed by atoms with Gasteiger partial charge >= 0.3 is 0 Å². The Balaban J connectivity index is 2.31. The number of hydrogen-bond acceptors (Lipinski definition) is 5. The minimum absolute atomic E-state index is 0.135. The molecule has 0 fully saturated rings. The smallest absolute Gasteiger partial charge is 0.261 e. The van der Waals surface area contributed by atoms with Crippen molar-refractivity contribution >= 4 is 16.9 Å². The summed E-state index contributed by atoms with van der Waals surface area (Å²) in [7, 11) is 0. The molecular formula is C11H8N4O. The Morgan fingerprint density at radius 1 is 1.12 bits per heavy atom. The zero-order valence-corrected chi connectivity index (χ0v) is 8.29. The summed E-state index contributed by atoms with van der Waals surface area (Å²) in [6.07, 6.45) is 1.74. The highest BCUT2D eigenvalue weighted by molar-refractivity contribution is 5.92. The number of fused-ring (bicyclic) bond motifs is 1. The number of anilines is 1. The molecule has 0 saturated heterocycles. The van der Waals surface area contributed by atoms with Gasteiger partial charge in [-0.2, -0.15) is 4.98 Å². The van der Waals surface area contributed by atoms with E-state index in [0.717, 1.165) is 16.5 Å². The zero-order chi connectivity index (χ0) is 11.0. The van der Waals surface area contributed by atoms with Gasteiger partial charge in [0.25, 0.3) is 11.8 Å². The molecule has 0 amide bonds. The number of hydrogen-bond donors (Lipinski definition) is 1. The zero-order valence-electron chi connectivity index (χ0n) is 8.29. The largest absolute Gasteiger partial charge is 0.365 e. The van der Waals surface area contributed by atoms with Gasteiger partial charge in [0.2, 0.25) is 0 Å². The molecule has 16 heavy (non-hydrogen) atoms. The monoisotopic (exact) mass is 212 g/mol. The van der Waals surface area contributed by atoms with E-state index in [1.165, 1.54) is 0 Å². The number of aromatic nitrogens is 3. The van der Waals surface area contributed by atoms with Crippen molar-refractivity contribution in [1.82, 2.24) is 15.1 Å². The lowest BCUT2D eigenvalue weighted by atomic mass is 10.1. The summed E-state index contributed by atoms with van der Waals surface area (Å²) in [4.78, 5) is 8.26. The van der Waals surface area contributed by atoms with Gasteiger partial charge in [-0.1, -0.05) is 12.1 Å². The van der Waals surface area contributed by atoms with Crippen molar-refractivity contribution in [2.24, 2.45) is 0 Å². The SMILES string of the molecule is Nc1noc(-c2cccc3ncccc23)n1. The van der Waals surface area contributed by atoms with Crippen LogP contribution in [0.15, 0.2) is 41.1 Å². The van der Waals surface area contributed by atoms with Crippen LogP contribution in [0.3, 0.4) is 0 Å². The Hall–Kier alpha value is -2.43. The third-order valence-corrected chi connectivity index (χ3v) is 2.32. The maximum absolute atomic E-state index is 5.43. The molecule has 78 valence electrons. The molecule has 3 aromatic rings. The summed E-state index contributed by atoms with van der Waals surface area (Å²) in [5.74, 6) is 0.548. The number of nitrogen functional groups attached to an aromatic ring is 1. The Labute approximate surface area is 90.9 Å². The Bertz CT molecular complexity index is 642. The molecule has 0 spiro atoms. The first-order valence-electron chi connectivity index (χ1n) is 4.78. The van der Waals surface area contributed by atoms with Crippen molar-refractivity contribution in [3.63, 3.8) is 0 Å². The van der Waals surface area contributed by atoms with E-state index in [4.69, 9.17) is 10.3 Å². The Morgan fingerprint density at radius 2 is 2.06 bits per heavy atom. The molecule has 0 aliphatic carbocycles. The van der Waals surface area contributed by atoms with E-state index in [2.05, 4.69) is 15.1 Å². The maximum Gasteiger partial charge on any atom is 0.261 e. The van der Waals surface area contributed by atoms with Crippen molar-refractivity contribution in [2.75, 3.05) is 5.73 Å². The van der Waals surface area contributed by atoms with Crippen molar-refractivity contribution in [3.05, 3.63) is 36.5 Å². The second-order valence-corrected chi connectivity index (χ2v) is 3.33. The fraction of sp³-hybridized carbons (Fsp3) is 0. The van der Waals surface area contributed by atoms with E-state index < -0.39 is 0 Å². The normalized spacial score (nSPS) is 10.8. The van der Waals surface area contributed by atoms with Gasteiger partial charge in [0.05, 0.1) is 5.52 Å². The van der Waals surface area contributed by atoms with Crippen LogP contribution in [-0.4, -0.2) is 15.1 Å². The molecule has 1 aromatic carbocycles. The molecule has 5 heteroatoms. The molecule has 0 aliphatic heterocycles. The third kappa shape index (κ3) is 1.30. The summed E-state index contributed by atoms with van der Waals surface area (Å²) >= 11 is 0. The fourth-order valence-corrected chi connectivity index (χ4v) is 1.63. The summed E-state index contributed by atoms with van der Waals surface area (Å²) in [5.41, 5.74) is 7.16. The average molecular weight is 212 g/mol. The molecule has 0 atom stereocenters. The van der Waals surface area contributed by atoms with E-state index in [0.29, 0.717) is 5.89 Å². The highest BCUT2D eigenvalue weighted by Gasteiger charge is 2.10. The molecule has 0 radical (unpaired) electrons. The van der Waals surface area contributed by atoms with Crippen molar-refractivity contribution < 1.29 is 4.52 Å². The lowest BCUT2D eigenvalue weighted by Crippen LogP contribution is -1.86. The van der Waals surface area contributed by atoms with E-state index in [1.54, 1.807) is 6.20 Å². The van der Waals surface area contributed by atoms with Crippen LogP contribution in [-0.2, 0) is 0 Å². The molecule has 2 aromatic heterocycles. The van der Waals surface area contributed by atoms with Crippen molar-refractivity contribution in [3.8, 4) is 11.5 Å². The first-order chi connectivity index (χ1) is 7.84. The predicted octanol–water partition coefficient (Wildman–Crippen LogP) is 1.87. The highest BCUT2D eigenvalue weighted by atomic mass is 16.5. The first kappa shape index (κ1) is 8.84. The molecular weight excluding hydrogens is 204 g/mol. The summed E-state index contributed by atoms with van der Waals surface area (Å²) in [5, 5.41) is 4.54. The van der Waals surface area contributed by atoms with Gasteiger partial charge < -0.3 is 10.3 Å².